The average molecular weight is 300 g/mol. The zero-order valence-corrected chi connectivity index (χ0v) is 13.0. The SMILES string of the molecule is CC(C)(C)n1ncnc1NC(=O)C1OCCc2ccccc21. The lowest BCUT2D eigenvalue weighted by Gasteiger charge is -2.26. The van der Waals surface area contributed by atoms with E-state index in [1.165, 1.54) is 6.33 Å². The summed E-state index contributed by atoms with van der Waals surface area (Å²) in [5.41, 5.74) is 1.82. The molecule has 0 saturated carbocycles. The van der Waals surface area contributed by atoms with Crippen LogP contribution in [-0.4, -0.2) is 27.3 Å². The van der Waals surface area contributed by atoms with E-state index >= 15 is 0 Å². The maximum atomic E-state index is 12.6. The minimum atomic E-state index is -0.602. The van der Waals surface area contributed by atoms with Gasteiger partial charge in [-0.15, -0.1) is 0 Å². The number of amides is 1. The van der Waals surface area contributed by atoms with Crippen molar-refractivity contribution in [3.8, 4) is 0 Å². The lowest BCUT2D eigenvalue weighted by Crippen LogP contribution is -2.31. The third-order valence-electron chi connectivity index (χ3n) is 3.65. The van der Waals surface area contributed by atoms with Gasteiger partial charge in [-0.1, -0.05) is 24.3 Å². The van der Waals surface area contributed by atoms with Crippen molar-refractivity contribution in [2.24, 2.45) is 0 Å². The van der Waals surface area contributed by atoms with Crippen LogP contribution < -0.4 is 5.32 Å². The van der Waals surface area contributed by atoms with Gasteiger partial charge in [0.05, 0.1) is 12.1 Å². The van der Waals surface area contributed by atoms with Crippen LogP contribution in [0, 0.1) is 0 Å². The maximum Gasteiger partial charge on any atom is 0.260 e. The Hall–Kier alpha value is -2.21. The largest absolute Gasteiger partial charge is 0.363 e. The maximum absolute atomic E-state index is 12.6. The molecule has 1 aromatic carbocycles. The molecule has 0 bridgehead atoms. The first-order chi connectivity index (χ1) is 10.5. The third kappa shape index (κ3) is 2.74. The van der Waals surface area contributed by atoms with Crippen LogP contribution in [0.15, 0.2) is 30.6 Å². The summed E-state index contributed by atoms with van der Waals surface area (Å²) in [4.78, 5) is 16.7. The van der Waals surface area contributed by atoms with Crippen molar-refractivity contribution < 1.29 is 9.53 Å². The Balaban J connectivity index is 1.84. The van der Waals surface area contributed by atoms with Gasteiger partial charge >= 0.3 is 0 Å². The van der Waals surface area contributed by atoms with Gasteiger partial charge in [0.15, 0.2) is 6.10 Å². The standard InChI is InChI=1S/C16H20N4O2/c1-16(2,3)20-15(17-10-18-20)19-14(21)13-12-7-5-4-6-11(12)8-9-22-13/h4-7,10,13H,8-9H2,1-3H3,(H,17,18,19,21). The number of carbonyl (C=O) groups is 1. The van der Waals surface area contributed by atoms with E-state index in [9.17, 15) is 4.79 Å². The fourth-order valence-electron chi connectivity index (χ4n) is 2.60. The predicted octanol–water partition coefficient (Wildman–Crippen LogP) is 2.29. The van der Waals surface area contributed by atoms with Crippen LogP contribution >= 0.6 is 0 Å². The minimum absolute atomic E-state index is 0.217. The number of nitrogens with zero attached hydrogens (tertiary/aromatic N) is 3. The van der Waals surface area contributed by atoms with E-state index in [0.29, 0.717) is 12.6 Å². The summed E-state index contributed by atoms with van der Waals surface area (Å²) in [6.45, 7) is 6.55. The van der Waals surface area contributed by atoms with Crippen LogP contribution in [0.3, 0.4) is 0 Å². The van der Waals surface area contributed by atoms with Gasteiger partial charge in [-0.3, -0.25) is 10.1 Å². The number of benzene rings is 1. The number of nitrogens with one attached hydrogen (secondary N) is 1. The Labute approximate surface area is 129 Å². The number of aromatic nitrogens is 3. The quantitative estimate of drug-likeness (QED) is 0.924. The molecular formula is C16H20N4O2. The molecule has 1 amide bonds. The predicted molar refractivity (Wildman–Crippen MR) is 82.5 cm³/mol. The van der Waals surface area contributed by atoms with E-state index < -0.39 is 6.10 Å². The number of carbonyl (C=O) groups excluding carboxylic acids is 1. The molecule has 6 nitrogen and oxygen atoms in total. The highest BCUT2D eigenvalue weighted by Gasteiger charge is 2.29. The van der Waals surface area contributed by atoms with E-state index in [2.05, 4.69) is 15.4 Å². The van der Waals surface area contributed by atoms with Crippen molar-refractivity contribution in [2.75, 3.05) is 11.9 Å². The monoisotopic (exact) mass is 300 g/mol. The number of anilines is 1. The fourth-order valence-corrected chi connectivity index (χ4v) is 2.60. The molecule has 116 valence electrons. The highest BCUT2D eigenvalue weighted by Crippen LogP contribution is 2.28. The molecule has 0 fully saturated rings. The molecule has 0 radical (unpaired) electrons. The molecule has 2 aromatic rings. The second kappa shape index (κ2) is 5.53. The molecule has 1 atom stereocenters. The first-order valence-corrected chi connectivity index (χ1v) is 7.37. The molecule has 3 rings (SSSR count). The van der Waals surface area contributed by atoms with E-state index in [0.717, 1.165) is 17.5 Å². The molecule has 1 aromatic heterocycles. The summed E-state index contributed by atoms with van der Waals surface area (Å²) in [7, 11) is 0. The number of fused-ring (bicyclic) bond motifs is 1. The van der Waals surface area contributed by atoms with Crippen molar-refractivity contribution in [3.63, 3.8) is 0 Å². The van der Waals surface area contributed by atoms with Gasteiger partial charge in [0.1, 0.15) is 6.33 Å². The van der Waals surface area contributed by atoms with E-state index in [1.54, 1.807) is 4.68 Å². The highest BCUT2D eigenvalue weighted by atomic mass is 16.5. The summed E-state index contributed by atoms with van der Waals surface area (Å²) in [5, 5.41) is 7.01. The first-order valence-electron chi connectivity index (χ1n) is 7.37. The Morgan fingerprint density at radius 2 is 2.14 bits per heavy atom. The molecule has 1 aliphatic rings. The van der Waals surface area contributed by atoms with Crippen LogP contribution in [0.2, 0.25) is 0 Å². The Bertz CT molecular complexity index is 687. The lowest BCUT2D eigenvalue weighted by atomic mass is 9.97. The average Bonchev–Trinajstić information content (AvgIpc) is 2.95. The van der Waals surface area contributed by atoms with Gasteiger partial charge in [-0.05, 0) is 38.3 Å². The normalized spacial score (nSPS) is 17.9. The third-order valence-corrected chi connectivity index (χ3v) is 3.65. The Morgan fingerprint density at radius 3 is 2.91 bits per heavy atom. The Kier molecular flexibility index (Phi) is 3.70. The zero-order valence-electron chi connectivity index (χ0n) is 13.0. The summed E-state index contributed by atoms with van der Waals surface area (Å²) in [5.74, 6) is 0.217. The number of hydrogen-bond acceptors (Lipinski definition) is 4. The molecule has 0 spiro atoms. The highest BCUT2D eigenvalue weighted by molar-refractivity contribution is 5.93. The van der Waals surface area contributed by atoms with Crippen LogP contribution in [0.1, 0.15) is 38.0 Å². The smallest absolute Gasteiger partial charge is 0.260 e. The van der Waals surface area contributed by atoms with Gasteiger partial charge < -0.3 is 4.74 Å². The molecule has 22 heavy (non-hydrogen) atoms. The number of ether oxygens (including phenoxy) is 1. The molecular weight excluding hydrogens is 280 g/mol. The second-order valence-corrected chi connectivity index (χ2v) is 6.36. The molecule has 1 unspecified atom stereocenters. The molecule has 0 saturated heterocycles. The summed E-state index contributed by atoms with van der Waals surface area (Å²) in [6, 6.07) is 7.88. The van der Waals surface area contributed by atoms with E-state index in [1.807, 2.05) is 45.0 Å². The molecule has 1 N–H and O–H groups in total. The lowest BCUT2D eigenvalue weighted by molar-refractivity contribution is -0.128. The fraction of sp³-hybridized carbons (Fsp3) is 0.438. The van der Waals surface area contributed by atoms with Crippen molar-refractivity contribution in [3.05, 3.63) is 41.7 Å². The van der Waals surface area contributed by atoms with Gasteiger partial charge in [0.25, 0.3) is 5.91 Å². The molecule has 0 aliphatic carbocycles. The van der Waals surface area contributed by atoms with Gasteiger partial charge in [-0.25, -0.2) is 4.68 Å². The van der Waals surface area contributed by atoms with Crippen LogP contribution in [-0.2, 0) is 21.5 Å². The van der Waals surface area contributed by atoms with Crippen LogP contribution in [0.25, 0.3) is 0 Å². The van der Waals surface area contributed by atoms with Crippen LogP contribution in [0.5, 0.6) is 0 Å². The van der Waals surface area contributed by atoms with Crippen molar-refractivity contribution in [1.82, 2.24) is 14.8 Å². The van der Waals surface area contributed by atoms with E-state index in [4.69, 9.17) is 4.74 Å². The summed E-state index contributed by atoms with van der Waals surface area (Å²) < 4.78 is 7.37. The topological polar surface area (TPSA) is 69.0 Å². The van der Waals surface area contributed by atoms with Gasteiger partial charge in [-0.2, -0.15) is 10.1 Å². The molecule has 6 heteroatoms. The number of hydrogen-bond donors (Lipinski definition) is 1. The Morgan fingerprint density at radius 1 is 1.36 bits per heavy atom. The van der Waals surface area contributed by atoms with E-state index in [-0.39, 0.29) is 11.4 Å². The van der Waals surface area contributed by atoms with Gasteiger partial charge in [0.2, 0.25) is 5.95 Å². The van der Waals surface area contributed by atoms with Crippen LogP contribution in [0.4, 0.5) is 5.95 Å². The number of rotatable bonds is 2. The molecule has 2 heterocycles. The van der Waals surface area contributed by atoms with Gasteiger partial charge in [0, 0.05) is 0 Å². The summed E-state index contributed by atoms with van der Waals surface area (Å²) in [6.07, 6.45) is 1.67. The zero-order chi connectivity index (χ0) is 15.7. The minimum Gasteiger partial charge on any atom is -0.363 e. The van der Waals surface area contributed by atoms with Crippen molar-refractivity contribution >= 4 is 11.9 Å². The first kappa shape index (κ1) is 14.7. The molecule has 1 aliphatic heterocycles. The van der Waals surface area contributed by atoms with Crippen molar-refractivity contribution in [1.29, 1.82) is 0 Å². The summed E-state index contributed by atoms with van der Waals surface area (Å²) >= 11 is 0. The second-order valence-electron chi connectivity index (χ2n) is 6.36. The van der Waals surface area contributed by atoms with Crippen molar-refractivity contribution in [2.45, 2.75) is 38.8 Å².